The average molecular weight is 211 g/mol. The Morgan fingerprint density at radius 1 is 1.40 bits per heavy atom. The summed E-state index contributed by atoms with van der Waals surface area (Å²) in [6.07, 6.45) is 2.33. The lowest BCUT2D eigenvalue weighted by Gasteiger charge is -2.14. The first-order valence-corrected chi connectivity index (χ1v) is 4.85. The zero-order valence-corrected chi connectivity index (χ0v) is 9.41. The van der Waals surface area contributed by atoms with Crippen molar-refractivity contribution in [2.75, 3.05) is 20.8 Å². The van der Waals surface area contributed by atoms with E-state index >= 15 is 0 Å². The highest BCUT2D eigenvalue weighted by Gasteiger charge is 2.12. The number of aliphatic hydroxyl groups is 1. The van der Waals surface area contributed by atoms with Crippen LogP contribution in [0.5, 0.6) is 5.75 Å². The highest BCUT2D eigenvalue weighted by atomic mass is 16.5. The second-order valence-corrected chi connectivity index (χ2v) is 3.29. The van der Waals surface area contributed by atoms with Crippen LogP contribution >= 0.6 is 0 Å². The van der Waals surface area contributed by atoms with E-state index in [1.165, 1.54) is 0 Å². The maximum Gasteiger partial charge on any atom is 0.143 e. The average Bonchev–Trinajstić information content (AvgIpc) is 2.23. The van der Waals surface area contributed by atoms with Gasteiger partial charge < -0.3 is 14.6 Å². The molecule has 1 rings (SSSR count). The van der Waals surface area contributed by atoms with Gasteiger partial charge in [0.15, 0.2) is 0 Å². The van der Waals surface area contributed by atoms with Crippen LogP contribution in [0.2, 0.25) is 0 Å². The maximum absolute atomic E-state index is 9.01. The van der Waals surface area contributed by atoms with E-state index in [-0.39, 0.29) is 6.61 Å². The van der Waals surface area contributed by atoms with E-state index in [1.54, 1.807) is 20.4 Å². The molecule has 1 aromatic heterocycles. The van der Waals surface area contributed by atoms with Gasteiger partial charge in [0.25, 0.3) is 0 Å². The minimum atomic E-state index is 0.0938. The molecule has 0 saturated heterocycles. The van der Waals surface area contributed by atoms with Gasteiger partial charge in [-0.15, -0.1) is 0 Å². The van der Waals surface area contributed by atoms with E-state index in [0.717, 1.165) is 22.6 Å². The summed E-state index contributed by atoms with van der Waals surface area (Å²) in [6, 6.07) is 0. The fraction of sp³-hybridized carbons (Fsp3) is 0.545. The van der Waals surface area contributed by atoms with Crippen LogP contribution < -0.4 is 4.74 Å². The zero-order valence-electron chi connectivity index (χ0n) is 9.41. The lowest BCUT2D eigenvalue weighted by atomic mass is 10.1. The first kappa shape index (κ1) is 11.9. The minimum absolute atomic E-state index is 0.0938. The van der Waals surface area contributed by atoms with Crippen LogP contribution in [0.4, 0.5) is 0 Å². The van der Waals surface area contributed by atoms with E-state index in [1.807, 2.05) is 6.92 Å². The maximum atomic E-state index is 9.01. The topological polar surface area (TPSA) is 51.6 Å². The lowest BCUT2D eigenvalue weighted by molar-refractivity contribution is 0.182. The molecule has 0 unspecified atom stereocenters. The van der Waals surface area contributed by atoms with Crippen LogP contribution in [0.3, 0.4) is 0 Å². The molecule has 0 amide bonds. The molecule has 0 spiro atoms. The summed E-state index contributed by atoms with van der Waals surface area (Å²) >= 11 is 0. The van der Waals surface area contributed by atoms with Gasteiger partial charge in [0, 0.05) is 31.0 Å². The van der Waals surface area contributed by atoms with Crippen molar-refractivity contribution in [1.82, 2.24) is 4.98 Å². The summed E-state index contributed by atoms with van der Waals surface area (Å²) < 4.78 is 10.4. The molecule has 15 heavy (non-hydrogen) atoms. The normalized spacial score (nSPS) is 10.4. The monoisotopic (exact) mass is 211 g/mol. The molecule has 84 valence electrons. The van der Waals surface area contributed by atoms with Gasteiger partial charge in [-0.2, -0.15) is 0 Å². The SMILES string of the molecule is COCc1cnc(C)c(OC)c1CCO. The van der Waals surface area contributed by atoms with Gasteiger partial charge in [0.05, 0.1) is 19.4 Å². The number of hydrogen-bond acceptors (Lipinski definition) is 4. The second-order valence-electron chi connectivity index (χ2n) is 3.29. The Balaban J connectivity index is 3.15. The number of rotatable bonds is 5. The van der Waals surface area contributed by atoms with Gasteiger partial charge in [-0.1, -0.05) is 0 Å². The summed E-state index contributed by atoms with van der Waals surface area (Å²) in [6.45, 7) is 2.46. The van der Waals surface area contributed by atoms with Crippen molar-refractivity contribution in [3.8, 4) is 5.75 Å². The van der Waals surface area contributed by atoms with Crippen molar-refractivity contribution in [3.05, 3.63) is 23.0 Å². The summed E-state index contributed by atoms with van der Waals surface area (Å²) in [4.78, 5) is 4.22. The molecular formula is C11H17NO3. The molecule has 0 atom stereocenters. The van der Waals surface area contributed by atoms with Gasteiger partial charge in [-0.25, -0.2) is 0 Å². The van der Waals surface area contributed by atoms with E-state index in [0.29, 0.717) is 13.0 Å². The summed E-state index contributed by atoms with van der Waals surface area (Å²) in [7, 11) is 3.25. The van der Waals surface area contributed by atoms with E-state index < -0.39 is 0 Å². The molecule has 4 heteroatoms. The number of ether oxygens (including phenoxy) is 2. The first-order chi connectivity index (χ1) is 7.24. The number of aryl methyl sites for hydroxylation is 1. The van der Waals surface area contributed by atoms with Crippen LogP contribution in [0.15, 0.2) is 6.20 Å². The van der Waals surface area contributed by atoms with Crippen molar-refractivity contribution in [3.63, 3.8) is 0 Å². The van der Waals surface area contributed by atoms with Crippen molar-refractivity contribution >= 4 is 0 Å². The van der Waals surface area contributed by atoms with E-state index in [2.05, 4.69) is 4.98 Å². The molecular weight excluding hydrogens is 194 g/mol. The zero-order chi connectivity index (χ0) is 11.3. The van der Waals surface area contributed by atoms with Gasteiger partial charge in [-0.3, -0.25) is 4.98 Å². The largest absolute Gasteiger partial charge is 0.495 e. The van der Waals surface area contributed by atoms with Gasteiger partial charge in [-0.05, 0) is 13.3 Å². The summed E-state index contributed by atoms with van der Waals surface area (Å²) in [5.41, 5.74) is 2.78. The van der Waals surface area contributed by atoms with Crippen LogP contribution in [-0.4, -0.2) is 30.9 Å². The third kappa shape index (κ3) is 2.67. The molecule has 1 aromatic rings. The van der Waals surface area contributed by atoms with Crippen molar-refractivity contribution in [2.45, 2.75) is 20.0 Å². The highest BCUT2D eigenvalue weighted by molar-refractivity contribution is 5.41. The van der Waals surface area contributed by atoms with Crippen LogP contribution in [-0.2, 0) is 17.8 Å². The Labute approximate surface area is 89.9 Å². The number of hydrogen-bond donors (Lipinski definition) is 1. The predicted octanol–water partition coefficient (Wildman–Crippen LogP) is 1.08. The van der Waals surface area contributed by atoms with Crippen LogP contribution in [0, 0.1) is 6.92 Å². The van der Waals surface area contributed by atoms with Gasteiger partial charge in [0.1, 0.15) is 5.75 Å². The molecule has 4 nitrogen and oxygen atoms in total. The van der Waals surface area contributed by atoms with Crippen molar-refractivity contribution < 1.29 is 14.6 Å². The van der Waals surface area contributed by atoms with Crippen LogP contribution in [0.1, 0.15) is 16.8 Å². The van der Waals surface area contributed by atoms with E-state index in [9.17, 15) is 0 Å². The third-order valence-corrected chi connectivity index (χ3v) is 2.27. The van der Waals surface area contributed by atoms with E-state index in [4.69, 9.17) is 14.6 Å². The van der Waals surface area contributed by atoms with Crippen molar-refractivity contribution in [2.24, 2.45) is 0 Å². The number of pyridine rings is 1. The standard InChI is InChI=1S/C11H17NO3/c1-8-11(15-3)10(4-5-13)9(6-12-8)7-14-2/h6,13H,4-5,7H2,1-3H3. The van der Waals surface area contributed by atoms with Gasteiger partial charge >= 0.3 is 0 Å². The molecule has 1 heterocycles. The number of aliphatic hydroxyl groups excluding tert-OH is 1. The summed E-state index contributed by atoms with van der Waals surface area (Å²) in [5, 5.41) is 9.01. The molecule has 1 N–H and O–H groups in total. The smallest absolute Gasteiger partial charge is 0.143 e. The Kier molecular flexibility index (Phi) is 4.52. The Morgan fingerprint density at radius 2 is 2.13 bits per heavy atom. The quantitative estimate of drug-likeness (QED) is 0.791. The molecule has 0 aliphatic heterocycles. The Bertz CT molecular complexity index is 326. The predicted molar refractivity (Wildman–Crippen MR) is 57.0 cm³/mol. The van der Waals surface area contributed by atoms with Crippen molar-refractivity contribution in [1.29, 1.82) is 0 Å². The molecule has 0 saturated carbocycles. The Hall–Kier alpha value is -1.13. The number of nitrogens with zero attached hydrogens (tertiary/aromatic N) is 1. The molecule has 0 aliphatic carbocycles. The fourth-order valence-electron chi connectivity index (χ4n) is 1.61. The highest BCUT2D eigenvalue weighted by Crippen LogP contribution is 2.25. The molecule has 0 fully saturated rings. The minimum Gasteiger partial charge on any atom is -0.495 e. The number of methoxy groups -OCH3 is 2. The van der Waals surface area contributed by atoms with Gasteiger partial charge in [0.2, 0.25) is 0 Å². The fourth-order valence-corrected chi connectivity index (χ4v) is 1.61. The first-order valence-electron chi connectivity index (χ1n) is 4.85. The Morgan fingerprint density at radius 3 is 2.67 bits per heavy atom. The lowest BCUT2D eigenvalue weighted by Crippen LogP contribution is -2.05. The molecule has 0 aromatic carbocycles. The number of aromatic nitrogens is 1. The van der Waals surface area contributed by atoms with Crippen LogP contribution in [0.25, 0.3) is 0 Å². The molecule has 0 aliphatic rings. The second kappa shape index (κ2) is 5.68. The third-order valence-electron chi connectivity index (χ3n) is 2.27. The molecule has 0 radical (unpaired) electrons. The molecule has 0 bridgehead atoms. The summed E-state index contributed by atoms with van der Waals surface area (Å²) in [5.74, 6) is 0.749.